The van der Waals surface area contributed by atoms with E-state index in [-0.39, 0.29) is 37.4 Å². The van der Waals surface area contributed by atoms with E-state index in [2.05, 4.69) is 7.44 Å². The third-order valence-corrected chi connectivity index (χ3v) is 0. The Bertz CT molecular complexity index is 8.00. The van der Waals surface area contributed by atoms with E-state index in [1.807, 2.05) is 0 Å². The van der Waals surface area contributed by atoms with Crippen molar-refractivity contribution in [2.45, 2.75) is 0 Å². The molecule has 0 spiro atoms. The van der Waals surface area contributed by atoms with Crippen LogP contribution in [0.5, 0.6) is 0 Å². The van der Waals surface area contributed by atoms with E-state index in [0.29, 0.717) is 0 Å². The van der Waals surface area contributed by atoms with Crippen molar-refractivity contribution in [1.29, 1.82) is 0 Å². The van der Waals surface area contributed by atoms with E-state index in [1.165, 1.54) is 0 Å². The van der Waals surface area contributed by atoms with Gasteiger partial charge in [-0.25, -0.2) is 0 Å². The van der Waals surface area contributed by atoms with Gasteiger partial charge in [0.05, 0.1) is 0 Å². The van der Waals surface area contributed by atoms with Gasteiger partial charge in [-0.15, -0.1) is 0 Å². The number of hydrogen-bond acceptors (Lipinski definition) is 0. The molecule has 0 atom stereocenters. The molecule has 0 bridgehead atoms. The monoisotopic (exact) mass is 192 g/mol. The summed E-state index contributed by atoms with van der Waals surface area (Å²) < 4.78 is 0. The van der Waals surface area contributed by atoms with Crippen LogP contribution in [0.3, 0.4) is 0 Å². The first-order valence-corrected chi connectivity index (χ1v) is 1.73. The van der Waals surface area contributed by atoms with Gasteiger partial charge in [-0.3, -0.25) is 0 Å². The topological polar surface area (TPSA) is 0 Å². The molecule has 4 heteroatoms. The first-order chi connectivity index (χ1) is 1.00. The Hall–Kier alpha value is 1.46. The van der Waals surface area contributed by atoms with E-state index in [0.717, 1.165) is 10.1 Å². The molecule has 0 aliphatic rings. The van der Waals surface area contributed by atoms with Gasteiger partial charge in [-0.05, 0) is 10.1 Å². The van der Waals surface area contributed by atoms with Gasteiger partial charge < -0.3 is 0 Å². The summed E-state index contributed by atoms with van der Waals surface area (Å²) in [4.78, 5) is 0. The van der Waals surface area contributed by atoms with Gasteiger partial charge in [0.1, 0.15) is 0 Å². The van der Waals surface area contributed by atoms with Crippen LogP contribution in [0.1, 0.15) is 0 Å². The molecular weight excluding hydrogens is 181 g/mol. The van der Waals surface area contributed by atoms with Crippen LogP contribution >= 0.6 is 0 Å². The summed E-state index contributed by atoms with van der Waals surface area (Å²) in [6.45, 7) is 0. The summed E-state index contributed by atoms with van der Waals surface area (Å²) in [6.07, 6.45) is 0. The predicted octanol–water partition coefficient (Wildman–Crippen LogP) is -4.20. The zero-order chi connectivity index (χ0) is 2.00. The van der Waals surface area contributed by atoms with Gasteiger partial charge in [0.25, 0.3) is 0 Å². The molecule has 0 aromatic carbocycles. The molecule has 0 N–H and O–H groups in total. The second-order valence-electron chi connectivity index (χ2n) is 0. The van der Waals surface area contributed by atoms with Crippen molar-refractivity contribution in [3.63, 3.8) is 0 Å². The maximum absolute atomic E-state index is 4.64. The van der Waals surface area contributed by atoms with Crippen molar-refractivity contribution < 1.29 is 0 Å². The molecule has 24 valence electrons. The molecule has 4 heavy (non-hydrogen) atoms. The molecule has 0 rings (SSSR count). The first kappa shape index (κ1) is 17.9. The number of rotatable bonds is 0. The fourth-order valence-corrected chi connectivity index (χ4v) is 0. The molecule has 0 unspecified atom stereocenters. The van der Waals surface area contributed by atoms with Crippen LogP contribution in [0.25, 0.3) is 0 Å². The quantitative estimate of drug-likeness (QED) is 0.341. The first-order valence-electron chi connectivity index (χ1n) is 0.577. The van der Waals surface area contributed by atoms with Crippen LogP contribution in [0.15, 0.2) is 0 Å². The summed E-state index contributed by atoms with van der Waals surface area (Å²) in [6, 6.07) is 0. The van der Waals surface area contributed by atoms with Crippen LogP contribution in [0.4, 0.5) is 0 Å². The van der Waals surface area contributed by atoms with E-state index in [4.69, 9.17) is 0 Å². The number of hydrogen-bond donors (Lipinski definition) is 0. The minimum absolute atomic E-state index is 0. The van der Waals surface area contributed by atoms with Crippen molar-refractivity contribution in [2.75, 3.05) is 0 Å². The molecule has 0 aliphatic heterocycles. The van der Waals surface area contributed by atoms with Crippen molar-refractivity contribution in [3.05, 3.63) is 0 Å². The van der Waals surface area contributed by atoms with E-state index >= 15 is 0 Å². The fourth-order valence-electron chi connectivity index (χ4n) is 0. The zero-order valence-electron chi connectivity index (χ0n) is 1.58. The Morgan fingerprint density at radius 2 is 1.25 bits per heavy atom. The summed E-state index contributed by atoms with van der Waals surface area (Å²) in [5.74, 6) is 0. The van der Waals surface area contributed by atoms with Crippen molar-refractivity contribution in [3.8, 4) is 0 Å². The van der Waals surface area contributed by atoms with Crippen LogP contribution in [-0.2, 0) is 0 Å². The van der Waals surface area contributed by atoms with Gasteiger partial charge in [-0.1, -0.05) is 0 Å². The third kappa shape index (κ3) is 9.82. The standard InChI is InChI=1S/BH3Si.Ga.GeH4.3H/c1-2;;;;;/h2H3;;1H4;;;. The summed E-state index contributed by atoms with van der Waals surface area (Å²) in [7, 11) is 5.44. The zero-order valence-corrected chi connectivity index (χ0v) is 3.58. The molecule has 0 nitrogen and oxygen atoms in total. The molecular formula is H10BGaGeSi. The predicted molar refractivity (Wildman–Crippen MR) is 37.0 cm³/mol. The van der Waals surface area contributed by atoms with Crippen molar-refractivity contribution >= 4 is 54.9 Å². The summed E-state index contributed by atoms with van der Waals surface area (Å²) >= 11 is 0. The average molecular weight is 191 g/mol. The normalized spacial score (nSPS) is 2.00. The molecule has 0 fully saturated rings. The van der Waals surface area contributed by atoms with E-state index in [9.17, 15) is 0 Å². The van der Waals surface area contributed by atoms with Crippen molar-refractivity contribution in [2.24, 2.45) is 0 Å². The second kappa shape index (κ2) is 25.0. The Balaban J connectivity index is -0.00000000500. The van der Waals surface area contributed by atoms with Crippen LogP contribution in [0, 0.1) is 0 Å². The molecule has 0 heterocycles. The second-order valence-corrected chi connectivity index (χ2v) is 0. The average Bonchev–Trinajstić information content (AvgIpc) is 1.00. The van der Waals surface area contributed by atoms with E-state index < -0.39 is 0 Å². The van der Waals surface area contributed by atoms with Gasteiger partial charge >= 0.3 is 37.4 Å². The molecule has 0 saturated heterocycles. The van der Waals surface area contributed by atoms with Gasteiger partial charge in [0.2, 0.25) is 0 Å². The van der Waals surface area contributed by atoms with E-state index in [1.54, 1.807) is 0 Å². The van der Waals surface area contributed by atoms with Crippen LogP contribution in [0.2, 0.25) is 0 Å². The van der Waals surface area contributed by atoms with Crippen LogP contribution in [-0.4, -0.2) is 54.9 Å². The SMILES string of the molecule is [B][SiH3].[GaH3].[GeH4]. The molecule has 0 aromatic rings. The summed E-state index contributed by atoms with van der Waals surface area (Å²) in [5.41, 5.74) is 0. The Labute approximate surface area is 54.9 Å². The molecule has 0 aliphatic carbocycles. The fraction of sp³-hybridized carbons (Fsp3) is 0. The summed E-state index contributed by atoms with van der Waals surface area (Å²) in [5, 5.41) is 0. The molecule has 2 radical (unpaired) electrons. The maximum atomic E-state index is 4.64. The molecule has 0 amide bonds. The van der Waals surface area contributed by atoms with Gasteiger partial charge in [0.15, 0.2) is 0 Å². The van der Waals surface area contributed by atoms with Crippen molar-refractivity contribution in [1.82, 2.24) is 0 Å². The van der Waals surface area contributed by atoms with Crippen LogP contribution < -0.4 is 0 Å². The molecule has 0 saturated carbocycles. The molecule has 0 aromatic heterocycles. The Kier molecular flexibility index (Phi) is 112. The Morgan fingerprint density at radius 3 is 1.25 bits per heavy atom. The minimum atomic E-state index is 0. The van der Waals surface area contributed by atoms with Gasteiger partial charge in [0, 0.05) is 7.44 Å². The van der Waals surface area contributed by atoms with Gasteiger partial charge in [-0.2, -0.15) is 0 Å². The third-order valence-electron chi connectivity index (χ3n) is 0. The Morgan fingerprint density at radius 1 is 1.25 bits per heavy atom.